The lowest BCUT2D eigenvalue weighted by Crippen LogP contribution is -2.36. The number of likely N-dealkylation sites (tertiary alicyclic amines) is 1. The van der Waals surface area contributed by atoms with Gasteiger partial charge in [0, 0.05) is 50.2 Å². The van der Waals surface area contributed by atoms with E-state index >= 15 is 0 Å². The first-order valence-electron chi connectivity index (χ1n) is 10.5. The van der Waals surface area contributed by atoms with E-state index in [0.717, 1.165) is 50.6 Å². The first-order chi connectivity index (χ1) is 14.8. The Hall–Kier alpha value is -3.12. The quantitative estimate of drug-likeness (QED) is 0.669. The van der Waals surface area contributed by atoms with Crippen LogP contribution in [0.3, 0.4) is 0 Å². The van der Waals surface area contributed by atoms with Crippen LogP contribution in [0, 0.1) is 0 Å². The SMILES string of the molecule is c1cncc(CN2CC3(CCN(Cc4ccc5c(c4)OCO5)C3)c3ncccc32)c1. The van der Waals surface area contributed by atoms with E-state index in [-0.39, 0.29) is 5.41 Å². The van der Waals surface area contributed by atoms with Gasteiger partial charge >= 0.3 is 0 Å². The molecule has 6 rings (SSSR count). The standard InChI is InChI=1S/C24H24N4O2/c1-3-19(12-25-8-1)14-28-16-24(23-20(28)4-2-9-26-23)7-10-27(15-24)13-18-5-6-21-22(11-18)30-17-29-21/h1-6,8-9,11-12H,7,10,13-17H2. The summed E-state index contributed by atoms with van der Waals surface area (Å²) in [5.74, 6) is 1.70. The molecule has 0 aliphatic carbocycles. The molecule has 1 spiro atoms. The van der Waals surface area contributed by atoms with Crippen LogP contribution in [0.5, 0.6) is 11.5 Å². The predicted octanol–water partition coefficient (Wildman–Crippen LogP) is 3.37. The van der Waals surface area contributed by atoms with Crippen molar-refractivity contribution in [2.24, 2.45) is 0 Å². The molecular formula is C24H24N4O2. The third-order valence-corrected chi connectivity index (χ3v) is 6.50. The summed E-state index contributed by atoms with van der Waals surface area (Å²) >= 11 is 0. The second-order valence-corrected chi connectivity index (χ2v) is 8.52. The Labute approximate surface area is 176 Å². The van der Waals surface area contributed by atoms with Gasteiger partial charge in [0.2, 0.25) is 6.79 Å². The maximum absolute atomic E-state index is 5.55. The molecule has 0 saturated carbocycles. The van der Waals surface area contributed by atoms with Crippen molar-refractivity contribution < 1.29 is 9.47 Å². The molecule has 3 aliphatic rings. The number of hydrogen-bond acceptors (Lipinski definition) is 6. The van der Waals surface area contributed by atoms with Crippen LogP contribution >= 0.6 is 0 Å². The van der Waals surface area contributed by atoms with Crippen LogP contribution in [0.1, 0.15) is 23.2 Å². The molecule has 30 heavy (non-hydrogen) atoms. The van der Waals surface area contributed by atoms with Crippen LogP contribution in [0.15, 0.2) is 61.1 Å². The highest BCUT2D eigenvalue weighted by Gasteiger charge is 2.48. The summed E-state index contributed by atoms with van der Waals surface area (Å²) in [4.78, 5) is 14.2. The Morgan fingerprint density at radius 3 is 2.80 bits per heavy atom. The Morgan fingerprint density at radius 1 is 0.933 bits per heavy atom. The fourth-order valence-corrected chi connectivity index (χ4v) is 5.15. The van der Waals surface area contributed by atoms with Crippen molar-refractivity contribution in [2.75, 3.05) is 31.3 Å². The summed E-state index contributed by atoms with van der Waals surface area (Å²) in [6, 6.07) is 14.7. The first kappa shape index (κ1) is 17.7. The van der Waals surface area contributed by atoms with Crippen LogP contribution in [0.4, 0.5) is 5.69 Å². The molecule has 1 atom stereocenters. The molecule has 0 amide bonds. The molecule has 3 aliphatic heterocycles. The Balaban J connectivity index is 1.23. The van der Waals surface area contributed by atoms with Crippen molar-refractivity contribution in [3.8, 4) is 11.5 Å². The number of benzene rings is 1. The van der Waals surface area contributed by atoms with E-state index in [4.69, 9.17) is 14.5 Å². The predicted molar refractivity (Wildman–Crippen MR) is 114 cm³/mol. The van der Waals surface area contributed by atoms with Gasteiger partial charge in [-0.3, -0.25) is 14.9 Å². The number of aromatic nitrogens is 2. The second-order valence-electron chi connectivity index (χ2n) is 8.52. The van der Waals surface area contributed by atoms with Crippen molar-refractivity contribution >= 4 is 5.69 Å². The number of fused-ring (bicyclic) bond motifs is 3. The zero-order valence-corrected chi connectivity index (χ0v) is 16.8. The highest BCUT2D eigenvalue weighted by atomic mass is 16.7. The summed E-state index contributed by atoms with van der Waals surface area (Å²) in [5, 5.41) is 0. The van der Waals surface area contributed by atoms with Crippen molar-refractivity contribution in [3.63, 3.8) is 0 Å². The van der Waals surface area contributed by atoms with E-state index in [2.05, 4.69) is 39.0 Å². The average molecular weight is 400 g/mol. The second kappa shape index (κ2) is 6.99. The van der Waals surface area contributed by atoms with E-state index < -0.39 is 0 Å². The van der Waals surface area contributed by atoms with Crippen LogP contribution < -0.4 is 14.4 Å². The molecule has 6 nitrogen and oxygen atoms in total. The molecule has 1 saturated heterocycles. The molecule has 5 heterocycles. The van der Waals surface area contributed by atoms with Crippen molar-refractivity contribution in [1.29, 1.82) is 0 Å². The number of rotatable bonds is 4. The summed E-state index contributed by atoms with van der Waals surface area (Å²) in [6.07, 6.45) is 6.86. The zero-order chi connectivity index (χ0) is 20.0. The Morgan fingerprint density at radius 2 is 1.87 bits per heavy atom. The summed E-state index contributed by atoms with van der Waals surface area (Å²) in [5.41, 5.74) is 5.12. The zero-order valence-electron chi connectivity index (χ0n) is 16.8. The van der Waals surface area contributed by atoms with E-state index in [1.54, 1.807) is 0 Å². The molecule has 0 radical (unpaired) electrons. The van der Waals surface area contributed by atoms with Gasteiger partial charge in [-0.1, -0.05) is 12.1 Å². The van der Waals surface area contributed by atoms with Gasteiger partial charge in [0.25, 0.3) is 0 Å². The maximum Gasteiger partial charge on any atom is 0.231 e. The lowest BCUT2D eigenvalue weighted by molar-refractivity contribution is 0.174. The van der Waals surface area contributed by atoms with Crippen LogP contribution in [-0.4, -0.2) is 41.3 Å². The number of hydrogen-bond donors (Lipinski definition) is 0. The fourth-order valence-electron chi connectivity index (χ4n) is 5.15. The molecule has 152 valence electrons. The minimum atomic E-state index is 0.0924. The Kier molecular flexibility index (Phi) is 4.13. The lowest BCUT2D eigenvalue weighted by Gasteiger charge is -2.26. The van der Waals surface area contributed by atoms with Gasteiger partial charge in [0.15, 0.2) is 11.5 Å². The van der Waals surface area contributed by atoms with Crippen molar-refractivity contribution in [3.05, 3.63) is 77.9 Å². The van der Waals surface area contributed by atoms with Crippen LogP contribution in [0.2, 0.25) is 0 Å². The molecule has 1 aromatic carbocycles. The summed E-state index contributed by atoms with van der Waals surface area (Å²) < 4.78 is 11.0. The van der Waals surface area contributed by atoms with Gasteiger partial charge in [0.1, 0.15) is 0 Å². The van der Waals surface area contributed by atoms with Crippen molar-refractivity contribution in [1.82, 2.24) is 14.9 Å². The third-order valence-electron chi connectivity index (χ3n) is 6.50. The normalized spacial score (nSPS) is 22.1. The summed E-state index contributed by atoms with van der Waals surface area (Å²) in [6.45, 7) is 5.21. The molecule has 2 aromatic heterocycles. The molecule has 3 aromatic rings. The topological polar surface area (TPSA) is 50.7 Å². The number of ether oxygens (including phenoxy) is 2. The molecule has 0 bridgehead atoms. The number of nitrogens with zero attached hydrogens (tertiary/aromatic N) is 4. The number of anilines is 1. The van der Waals surface area contributed by atoms with Gasteiger partial charge in [0.05, 0.1) is 11.4 Å². The Bertz CT molecular complexity index is 1070. The maximum atomic E-state index is 5.55. The molecular weight excluding hydrogens is 376 g/mol. The smallest absolute Gasteiger partial charge is 0.231 e. The summed E-state index contributed by atoms with van der Waals surface area (Å²) in [7, 11) is 0. The van der Waals surface area contributed by atoms with E-state index in [9.17, 15) is 0 Å². The van der Waals surface area contributed by atoms with Gasteiger partial charge in [-0.2, -0.15) is 0 Å². The first-order valence-corrected chi connectivity index (χ1v) is 10.5. The van der Waals surface area contributed by atoms with Gasteiger partial charge in [-0.25, -0.2) is 0 Å². The fraction of sp³-hybridized carbons (Fsp3) is 0.333. The minimum Gasteiger partial charge on any atom is -0.454 e. The average Bonchev–Trinajstić information content (AvgIpc) is 3.48. The minimum absolute atomic E-state index is 0.0924. The number of pyridine rings is 2. The molecule has 1 fully saturated rings. The van der Waals surface area contributed by atoms with Gasteiger partial charge in [-0.15, -0.1) is 0 Å². The van der Waals surface area contributed by atoms with E-state index in [1.165, 1.54) is 22.5 Å². The third kappa shape index (κ3) is 2.99. The monoisotopic (exact) mass is 400 g/mol. The van der Waals surface area contributed by atoms with Crippen LogP contribution in [-0.2, 0) is 18.5 Å². The van der Waals surface area contributed by atoms with Gasteiger partial charge < -0.3 is 14.4 Å². The van der Waals surface area contributed by atoms with Crippen molar-refractivity contribution in [2.45, 2.75) is 24.9 Å². The molecule has 6 heteroatoms. The highest BCUT2D eigenvalue weighted by molar-refractivity contribution is 5.60. The lowest BCUT2D eigenvalue weighted by atomic mass is 9.85. The van der Waals surface area contributed by atoms with E-state index in [0.29, 0.717) is 6.79 Å². The van der Waals surface area contributed by atoms with Crippen LogP contribution in [0.25, 0.3) is 0 Å². The highest BCUT2D eigenvalue weighted by Crippen LogP contribution is 2.46. The van der Waals surface area contributed by atoms with E-state index in [1.807, 2.05) is 36.8 Å². The molecule has 0 N–H and O–H groups in total. The largest absolute Gasteiger partial charge is 0.454 e. The molecule has 1 unspecified atom stereocenters. The van der Waals surface area contributed by atoms with Gasteiger partial charge in [-0.05, 0) is 54.4 Å².